The van der Waals surface area contributed by atoms with Crippen LogP contribution in [0.1, 0.15) is 81.0 Å². The smallest absolute Gasteiger partial charge is 0.325 e. The molecule has 1 aromatic rings. The van der Waals surface area contributed by atoms with Crippen molar-refractivity contribution < 1.29 is 14.4 Å². The van der Waals surface area contributed by atoms with Crippen molar-refractivity contribution in [2.45, 2.75) is 82.7 Å². The molecule has 4 amide bonds. The number of aryl methyl sites for hydroxylation is 2. The Hall–Kier alpha value is -2.37. The molecule has 2 aliphatic carbocycles. The Morgan fingerprint density at radius 2 is 1.86 bits per heavy atom. The molecule has 1 saturated heterocycles. The minimum absolute atomic E-state index is 0.0437. The molecular weight excluding hydrogens is 366 g/mol. The van der Waals surface area contributed by atoms with Crippen LogP contribution < -0.4 is 10.6 Å². The van der Waals surface area contributed by atoms with Gasteiger partial charge in [-0.25, -0.2) is 4.79 Å². The van der Waals surface area contributed by atoms with E-state index in [2.05, 4.69) is 28.8 Å². The largest absolute Gasteiger partial charge is 0.350 e. The summed E-state index contributed by atoms with van der Waals surface area (Å²) >= 11 is 0. The topological polar surface area (TPSA) is 78.5 Å². The van der Waals surface area contributed by atoms with Crippen LogP contribution in [0, 0.1) is 0 Å². The number of nitrogens with zero attached hydrogens (tertiary/aromatic N) is 1. The van der Waals surface area contributed by atoms with Crippen LogP contribution in [0.3, 0.4) is 0 Å². The summed E-state index contributed by atoms with van der Waals surface area (Å²) in [5.41, 5.74) is 3.32. The van der Waals surface area contributed by atoms with Gasteiger partial charge in [0.25, 0.3) is 5.91 Å². The van der Waals surface area contributed by atoms with Gasteiger partial charge in [-0.3, -0.25) is 14.5 Å². The number of carbonyl (C=O) groups excluding carboxylic acids is 3. The fourth-order valence-electron chi connectivity index (χ4n) is 5.01. The van der Waals surface area contributed by atoms with E-state index in [9.17, 15) is 14.4 Å². The summed E-state index contributed by atoms with van der Waals surface area (Å²) in [4.78, 5) is 38.5. The van der Waals surface area contributed by atoms with Crippen molar-refractivity contribution in [3.8, 4) is 0 Å². The van der Waals surface area contributed by atoms with Gasteiger partial charge < -0.3 is 10.6 Å². The number of benzene rings is 1. The van der Waals surface area contributed by atoms with Crippen LogP contribution in [0.2, 0.25) is 0 Å². The number of hydrogen-bond acceptors (Lipinski definition) is 3. The number of fused-ring (bicyclic) bond motifs is 1. The highest BCUT2D eigenvalue weighted by Crippen LogP contribution is 2.35. The van der Waals surface area contributed by atoms with E-state index in [-0.39, 0.29) is 23.9 Å². The minimum Gasteiger partial charge on any atom is -0.350 e. The number of carbonyl (C=O) groups is 3. The molecule has 1 spiro atoms. The van der Waals surface area contributed by atoms with Crippen LogP contribution in [-0.2, 0) is 22.4 Å². The van der Waals surface area contributed by atoms with Crippen molar-refractivity contribution >= 4 is 17.8 Å². The first-order chi connectivity index (χ1) is 14.0. The van der Waals surface area contributed by atoms with E-state index in [4.69, 9.17) is 0 Å². The number of rotatable bonds is 6. The van der Waals surface area contributed by atoms with Crippen LogP contribution in [0.25, 0.3) is 0 Å². The Kier molecular flexibility index (Phi) is 5.61. The number of hydrogen-bond donors (Lipinski definition) is 2. The molecule has 1 aliphatic heterocycles. The first-order valence-corrected chi connectivity index (χ1v) is 11.0. The highest BCUT2D eigenvalue weighted by Gasteiger charge is 2.52. The lowest BCUT2D eigenvalue weighted by Gasteiger charge is -2.21. The van der Waals surface area contributed by atoms with E-state index in [0.717, 1.165) is 44.1 Å². The standard InChI is InChI=1S/C23H31N3O3/c1-16(18-11-10-17-7-2-3-8-19(17)15-18)24-20(27)9-6-14-26-21(28)23(25-22(26)29)12-4-5-13-23/h10-11,15-16H,2-9,12-14H2,1H3,(H,24,27)(H,25,29). The fraction of sp³-hybridized carbons (Fsp3) is 0.609. The molecule has 3 aliphatic rings. The Balaban J connectivity index is 1.26. The quantitative estimate of drug-likeness (QED) is 0.722. The normalized spacial score (nSPS) is 21.2. The summed E-state index contributed by atoms with van der Waals surface area (Å²) in [6.07, 6.45) is 8.97. The molecule has 2 fully saturated rings. The Bertz CT molecular complexity index is 814. The number of nitrogens with one attached hydrogen (secondary N) is 2. The molecule has 156 valence electrons. The van der Waals surface area contributed by atoms with Gasteiger partial charge in [-0.2, -0.15) is 0 Å². The number of urea groups is 1. The van der Waals surface area contributed by atoms with E-state index in [0.29, 0.717) is 19.4 Å². The van der Waals surface area contributed by atoms with E-state index in [1.165, 1.54) is 28.9 Å². The maximum absolute atomic E-state index is 12.6. The van der Waals surface area contributed by atoms with Crippen molar-refractivity contribution in [3.05, 3.63) is 34.9 Å². The summed E-state index contributed by atoms with van der Waals surface area (Å²) in [5, 5.41) is 5.94. The molecule has 29 heavy (non-hydrogen) atoms. The molecule has 0 radical (unpaired) electrons. The van der Waals surface area contributed by atoms with Gasteiger partial charge in [0.1, 0.15) is 5.54 Å². The minimum atomic E-state index is -0.666. The molecule has 4 rings (SSSR count). The molecule has 1 atom stereocenters. The second-order valence-corrected chi connectivity index (χ2v) is 8.80. The maximum Gasteiger partial charge on any atom is 0.325 e. The average Bonchev–Trinajstić information content (AvgIpc) is 3.27. The lowest BCUT2D eigenvalue weighted by atomic mass is 9.89. The molecular formula is C23H31N3O3. The van der Waals surface area contributed by atoms with Crippen LogP contribution in [-0.4, -0.2) is 34.8 Å². The van der Waals surface area contributed by atoms with Gasteiger partial charge in [0.2, 0.25) is 5.91 Å². The molecule has 0 bridgehead atoms. The van der Waals surface area contributed by atoms with Gasteiger partial charge >= 0.3 is 6.03 Å². The van der Waals surface area contributed by atoms with Crippen LogP contribution >= 0.6 is 0 Å². The second-order valence-electron chi connectivity index (χ2n) is 8.80. The van der Waals surface area contributed by atoms with Crippen molar-refractivity contribution in [2.24, 2.45) is 0 Å². The van der Waals surface area contributed by atoms with E-state index >= 15 is 0 Å². The van der Waals surface area contributed by atoms with Gasteiger partial charge in [-0.1, -0.05) is 31.0 Å². The van der Waals surface area contributed by atoms with Crippen LogP contribution in [0.4, 0.5) is 4.79 Å². The van der Waals surface area contributed by atoms with Gasteiger partial charge in [-0.05, 0) is 68.6 Å². The predicted octanol–water partition coefficient (Wildman–Crippen LogP) is 3.39. The van der Waals surface area contributed by atoms with E-state index < -0.39 is 5.54 Å². The fourth-order valence-corrected chi connectivity index (χ4v) is 5.01. The predicted molar refractivity (Wildman–Crippen MR) is 110 cm³/mol. The average molecular weight is 398 g/mol. The highest BCUT2D eigenvalue weighted by atomic mass is 16.2. The Morgan fingerprint density at radius 1 is 1.14 bits per heavy atom. The summed E-state index contributed by atoms with van der Waals surface area (Å²) in [6, 6.07) is 6.19. The first kappa shape index (κ1) is 19.9. The monoisotopic (exact) mass is 397 g/mol. The van der Waals surface area contributed by atoms with Crippen LogP contribution in [0.5, 0.6) is 0 Å². The second kappa shape index (κ2) is 8.17. The molecule has 1 heterocycles. The molecule has 1 aromatic carbocycles. The molecule has 1 saturated carbocycles. The van der Waals surface area contributed by atoms with E-state index in [1.807, 2.05) is 6.92 Å². The van der Waals surface area contributed by atoms with Gasteiger partial charge in [0.05, 0.1) is 6.04 Å². The lowest BCUT2D eigenvalue weighted by molar-refractivity contribution is -0.131. The molecule has 6 nitrogen and oxygen atoms in total. The third kappa shape index (κ3) is 4.02. The van der Waals surface area contributed by atoms with Crippen molar-refractivity contribution in [2.75, 3.05) is 6.54 Å². The zero-order chi connectivity index (χ0) is 20.4. The zero-order valence-corrected chi connectivity index (χ0v) is 17.3. The third-order valence-electron chi connectivity index (χ3n) is 6.74. The molecule has 2 N–H and O–H groups in total. The number of imide groups is 1. The first-order valence-electron chi connectivity index (χ1n) is 11.0. The summed E-state index contributed by atoms with van der Waals surface area (Å²) in [7, 11) is 0. The van der Waals surface area contributed by atoms with Gasteiger partial charge in [-0.15, -0.1) is 0 Å². The van der Waals surface area contributed by atoms with Gasteiger partial charge in [0, 0.05) is 13.0 Å². The van der Waals surface area contributed by atoms with Crippen molar-refractivity contribution in [1.29, 1.82) is 0 Å². The summed E-state index contributed by atoms with van der Waals surface area (Å²) < 4.78 is 0. The molecule has 1 unspecified atom stereocenters. The van der Waals surface area contributed by atoms with Crippen molar-refractivity contribution in [3.63, 3.8) is 0 Å². The molecule has 6 heteroatoms. The van der Waals surface area contributed by atoms with Gasteiger partial charge in [0.15, 0.2) is 0 Å². The zero-order valence-electron chi connectivity index (χ0n) is 17.3. The summed E-state index contributed by atoms with van der Waals surface area (Å²) in [6.45, 7) is 2.30. The number of amides is 4. The van der Waals surface area contributed by atoms with Crippen LogP contribution in [0.15, 0.2) is 18.2 Å². The lowest BCUT2D eigenvalue weighted by Crippen LogP contribution is -2.44. The third-order valence-corrected chi connectivity index (χ3v) is 6.74. The summed E-state index contributed by atoms with van der Waals surface area (Å²) in [5.74, 6) is -0.152. The maximum atomic E-state index is 12.6. The highest BCUT2D eigenvalue weighted by molar-refractivity contribution is 6.07. The van der Waals surface area contributed by atoms with E-state index in [1.54, 1.807) is 0 Å². The molecule has 0 aromatic heterocycles. The Labute approximate surface area is 172 Å². The van der Waals surface area contributed by atoms with Crippen molar-refractivity contribution in [1.82, 2.24) is 15.5 Å². The SMILES string of the molecule is CC(NC(=O)CCCN1C(=O)NC2(CCCC2)C1=O)c1ccc2c(c1)CCCC2. The Morgan fingerprint density at radius 3 is 2.62 bits per heavy atom.